The van der Waals surface area contributed by atoms with E-state index in [-0.39, 0.29) is 0 Å². The van der Waals surface area contributed by atoms with Crippen LogP contribution in [-0.2, 0) is 6.54 Å². The van der Waals surface area contributed by atoms with Crippen LogP contribution >= 0.6 is 0 Å². The van der Waals surface area contributed by atoms with Crippen molar-refractivity contribution >= 4 is 11.5 Å². The van der Waals surface area contributed by atoms with Crippen LogP contribution in [0.15, 0.2) is 36.4 Å². The first-order valence-corrected chi connectivity index (χ1v) is 7.40. The Morgan fingerprint density at radius 3 is 2.81 bits per heavy atom. The van der Waals surface area contributed by atoms with Gasteiger partial charge in [-0.25, -0.2) is 0 Å². The zero-order valence-electron chi connectivity index (χ0n) is 12.3. The summed E-state index contributed by atoms with van der Waals surface area (Å²) in [5, 5.41) is 3.33. The maximum absolute atomic E-state index is 5.91. The highest BCUT2D eigenvalue weighted by Crippen LogP contribution is 2.30. The third kappa shape index (κ3) is 3.66. The van der Waals surface area contributed by atoms with Crippen molar-refractivity contribution in [1.82, 2.24) is 4.98 Å². The molecule has 4 nitrogen and oxygen atoms in total. The van der Waals surface area contributed by atoms with E-state index in [9.17, 15) is 0 Å². The van der Waals surface area contributed by atoms with E-state index in [0.29, 0.717) is 17.5 Å². The fourth-order valence-electron chi connectivity index (χ4n) is 2.14. The Hall–Kier alpha value is -2.23. The fraction of sp³-hybridized carbons (Fsp3) is 0.353. The largest absolute Gasteiger partial charge is 0.476 e. The molecule has 0 bridgehead atoms. The zero-order chi connectivity index (χ0) is 14.7. The predicted molar refractivity (Wildman–Crippen MR) is 85.4 cm³/mol. The quantitative estimate of drug-likeness (QED) is 0.853. The molecule has 110 valence electrons. The third-order valence-corrected chi connectivity index (χ3v) is 3.76. The molecule has 3 rings (SSSR count). The van der Waals surface area contributed by atoms with E-state index < -0.39 is 0 Å². The Morgan fingerprint density at radius 2 is 2.05 bits per heavy atom. The van der Waals surface area contributed by atoms with Crippen LogP contribution in [0.5, 0.6) is 5.88 Å². The highest BCUT2D eigenvalue weighted by atomic mass is 16.5. The molecule has 0 unspecified atom stereocenters. The van der Waals surface area contributed by atoms with E-state index in [2.05, 4.69) is 29.4 Å². The van der Waals surface area contributed by atoms with Gasteiger partial charge in [0, 0.05) is 6.54 Å². The Bertz CT molecular complexity index is 623. The zero-order valence-corrected chi connectivity index (χ0v) is 12.3. The number of nitrogens with two attached hydrogens (primary N) is 1. The van der Waals surface area contributed by atoms with Gasteiger partial charge < -0.3 is 15.8 Å². The summed E-state index contributed by atoms with van der Waals surface area (Å²) >= 11 is 0. The summed E-state index contributed by atoms with van der Waals surface area (Å²) in [5.74, 6) is 2.02. The molecule has 0 aliphatic heterocycles. The fourth-order valence-corrected chi connectivity index (χ4v) is 2.14. The second-order valence-electron chi connectivity index (χ2n) is 5.63. The maximum Gasteiger partial charge on any atom is 0.239 e. The molecule has 1 aliphatic carbocycles. The number of ether oxygens (including phenoxy) is 1. The minimum absolute atomic E-state index is 0.539. The van der Waals surface area contributed by atoms with Crippen LogP contribution in [0.1, 0.15) is 24.0 Å². The van der Waals surface area contributed by atoms with E-state index in [1.807, 2.05) is 24.3 Å². The molecule has 0 amide bonds. The van der Waals surface area contributed by atoms with Gasteiger partial charge >= 0.3 is 0 Å². The lowest BCUT2D eigenvalue weighted by molar-refractivity contribution is 0.290. The first-order valence-electron chi connectivity index (χ1n) is 7.40. The minimum atomic E-state index is 0.539. The summed E-state index contributed by atoms with van der Waals surface area (Å²) in [6.45, 7) is 3.57. The minimum Gasteiger partial charge on any atom is -0.476 e. The average Bonchev–Trinajstić information content (AvgIpc) is 3.31. The monoisotopic (exact) mass is 283 g/mol. The van der Waals surface area contributed by atoms with Crippen molar-refractivity contribution in [2.75, 3.05) is 17.7 Å². The molecule has 2 aromatic rings. The molecule has 21 heavy (non-hydrogen) atoms. The summed E-state index contributed by atoms with van der Waals surface area (Å²) in [7, 11) is 0. The van der Waals surface area contributed by atoms with Crippen LogP contribution < -0.4 is 15.8 Å². The third-order valence-electron chi connectivity index (χ3n) is 3.76. The average molecular weight is 283 g/mol. The maximum atomic E-state index is 5.91. The van der Waals surface area contributed by atoms with Crippen LogP contribution in [0, 0.1) is 12.8 Å². The van der Waals surface area contributed by atoms with Crippen LogP contribution in [0.2, 0.25) is 0 Å². The number of nitrogens with one attached hydrogen (secondary N) is 1. The molecule has 0 spiro atoms. The summed E-state index contributed by atoms with van der Waals surface area (Å²) < 4.78 is 5.70. The molecule has 1 fully saturated rings. The SMILES string of the molecule is Cc1ccccc1CNc1ccc(N)c(OCC2CC2)n1. The molecule has 0 atom stereocenters. The van der Waals surface area contributed by atoms with Gasteiger partial charge in [-0.2, -0.15) is 4.98 Å². The van der Waals surface area contributed by atoms with Crippen LogP contribution in [0.25, 0.3) is 0 Å². The highest BCUT2D eigenvalue weighted by Gasteiger charge is 2.22. The first kappa shape index (κ1) is 13.7. The molecule has 1 aromatic carbocycles. The van der Waals surface area contributed by atoms with Gasteiger partial charge in [0.1, 0.15) is 5.82 Å². The van der Waals surface area contributed by atoms with Crippen LogP contribution in [0.3, 0.4) is 0 Å². The second-order valence-corrected chi connectivity index (χ2v) is 5.63. The number of pyridine rings is 1. The Kier molecular flexibility index (Phi) is 3.95. The van der Waals surface area contributed by atoms with Gasteiger partial charge in [-0.15, -0.1) is 0 Å². The molecule has 1 aliphatic rings. The Labute approximate surface area is 125 Å². The molecular weight excluding hydrogens is 262 g/mol. The normalized spacial score (nSPS) is 14.0. The number of rotatable bonds is 6. The topological polar surface area (TPSA) is 60.2 Å². The van der Waals surface area contributed by atoms with Crippen molar-refractivity contribution in [3.8, 4) is 5.88 Å². The lowest BCUT2D eigenvalue weighted by Gasteiger charge is -2.11. The van der Waals surface area contributed by atoms with Crippen molar-refractivity contribution < 1.29 is 4.74 Å². The molecule has 4 heteroatoms. The predicted octanol–water partition coefficient (Wildman–Crippen LogP) is 3.37. The van der Waals surface area contributed by atoms with Gasteiger partial charge in [0.25, 0.3) is 0 Å². The van der Waals surface area contributed by atoms with Crippen molar-refractivity contribution in [2.24, 2.45) is 5.92 Å². The van der Waals surface area contributed by atoms with Gasteiger partial charge in [0.2, 0.25) is 5.88 Å². The number of nitrogens with zero attached hydrogens (tertiary/aromatic N) is 1. The number of nitrogen functional groups attached to an aromatic ring is 1. The Balaban J connectivity index is 1.64. The molecule has 1 heterocycles. The highest BCUT2D eigenvalue weighted by molar-refractivity contribution is 5.53. The molecule has 0 saturated heterocycles. The van der Waals surface area contributed by atoms with Gasteiger partial charge in [0.05, 0.1) is 12.3 Å². The number of hydrogen-bond donors (Lipinski definition) is 2. The summed E-state index contributed by atoms with van der Waals surface area (Å²) in [6.07, 6.45) is 2.51. The second kappa shape index (κ2) is 6.04. The molecule has 3 N–H and O–H groups in total. The van der Waals surface area contributed by atoms with Crippen LogP contribution in [-0.4, -0.2) is 11.6 Å². The lowest BCUT2D eigenvalue weighted by Crippen LogP contribution is -2.07. The first-order chi connectivity index (χ1) is 10.2. The smallest absolute Gasteiger partial charge is 0.239 e. The van der Waals surface area contributed by atoms with Crippen LogP contribution in [0.4, 0.5) is 11.5 Å². The standard InChI is InChI=1S/C17H21N3O/c1-12-4-2-3-5-14(12)10-19-16-9-8-15(18)17(20-16)21-11-13-6-7-13/h2-5,8-9,13H,6-7,10-11,18H2,1H3,(H,19,20). The van der Waals surface area contributed by atoms with Crippen molar-refractivity contribution in [2.45, 2.75) is 26.3 Å². The summed E-state index contributed by atoms with van der Waals surface area (Å²) in [5.41, 5.74) is 9.04. The molecular formula is C17H21N3O. The van der Waals surface area contributed by atoms with Gasteiger partial charge in [0.15, 0.2) is 0 Å². The van der Waals surface area contributed by atoms with Gasteiger partial charge in [-0.05, 0) is 48.9 Å². The number of hydrogen-bond acceptors (Lipinski definition) is 4. The summed E-state index contributed by atoms with van der Waals surface area (Å²) in [6, 6.07) is 12.0. The van der Waals surface area contributed by atoms with Crippen molar-refractivity contribution in [3.05, 3.63) is 47.5 Å². The van der Waals surface area contributed by atoms with E-state index in [0.717, 1.165) is 19.0 Å². The van der Waals surface area contributed by atoms with E-state index >= 15 is 0 Å². The van der Waals surface area contributed by atoms with Crippen molar-refractivity contribution in [1.29, 1.82) is 0 Å². The lowest BCUT2D eigenvalue weighted by atomic mass is 10.1. The molecule has 0 radical (unpaired) electrons. The van der Waals surface area contributed by atoms with Crippen molar-refractivity contribution in [3.63, 3.8) is 0 Å². The Morgan fingerprint density at radius 1 is 1.24 bits per heavy atom. The number of aryl methyl sites for hydroxylation is 1. The van der Waals surface area contributed by atoms with Gasteiger partial charge in [-0.3, -0.25) is 0 Å². The van der Waals surface area contributed by atoms with E-state index in [1.54, 1.807) is 0 Å². The number of anilines is 2. The number of benzene rings is 1. The molecule has 1 aromatic heterocycles. The molecule has 1 saturated carbocycles. The summed E-state index contributed by atoms with van der Waals surface area (Å²) in [4.78, 5) is 4.46. The number of aromatic nitrogens is 1. The van der Waals surface area contributed by atoms with E-state index in [1.165, 1.54) is 24.0 Å². The van der Waals surface area contributed by atoms with E-state index in [4.69, 9.17) is 10.5 Å². The van der Waals surface area contributed by atoms with Gasteiger partial charge in [-0.1, -0.05) is 24.3 Å².